The Bertz CT molecular complexity index is 695. The molecule has 5 saturated heterocycles. The summed E-state index contributed by atoms with van der Waals surface area (Å²) in [5.41, 5.74) is 0. The molecular formula is C29H63O15P5. The summed E-state index contributed by atoms with van der Waals surface area (Å²) in [6, 6.07) is 0. The lowest BCUT2D eigenvalue weighted by atomic mass is 10.2. The van der Waals surface area contributed by atoms with Crippen LogP contribution in [0.25, 0.3) is 0 Å². The fraction of sp³-hybridized carbons (Fsp3) is 1.00. The normalized spacial score (nSPS) is 35.0. The van der Waals surface area contributed by atoms with Crippen molar-refractivity contribution in [1.82, 2.24) is 0 Å². The summed E-state index contributed by atoms with van der Waals surface area (Å²) in [7, 11) is -5.07. The van der Waals surface area contributed by atoms with E-state index in [1.165, 1.54) is 0 Å². The van der Waals surface area contributed by atoms with Gasteiger partial charge in [-0.25, -0.2) is 0 Å². The molecule has 0 aromatic heterocycles. The zero-order valence-corrected chi connectivity index (χ0v) is 36.1. The molecule has 2 unspecified atom stereocenters. The lowest BCUT2D eigenvalue weighted by Crippen LogP contribution is -2.22. The van der Waals surface area contributed by atoms with Gasteiger partial charge in [0.2, 0.25) is 0 Å². The van der Waals surface area contributed by atoms with Crippen LogP contribution in [0.15, 0.2) is 0 Å². The maximum atomic E-state index is 5.42. The molecule has 0 bridgehead atoms. The molecule has 15 nitrogen and oxygen atoms in total. The first-order valence-electron chi connectivity index (χ1n) is 17.1. The van der Waals surface area contributed by atoms with Gasteiger partial charge in [0.05, 0.1) is 95.1 Å². The summed E-state index contributed by atoms with van der Waals surface area (Å²) in [4.78, 5) is 0. The van der Waals surface area contributed by atoms with E-state index in [0.29, 0.717) is 46.2 Å². The zero-order chi connectivity index (χ0) is 36.8. The molecule has 8 atom stereocenters. The van der Waals surface area contributed by atoms with Crippen LogP contribution >= 0.6 is 43.0 Å². The van der Waals surface area contributed by atoms with Crippen LogP contribution in [0.3, 0.4) is 0 Å². The molecule has 0 spiro atoms. The van der Waals surface area contributed by atoms with Crippen LogP contribution in [0.4, 0.5) is 0 Å². The summed E-state index contributed by atoms with van der Waals surface area (Å²) in [5.74, 6) is 0. The molecule has 0 aromatic rings. The fourth-order valence-electron chi connectivity index (χ4n) is 3.38. The minimum atomic E-state index is -1.05. The van der Waals surface area contributed by atoms with Crippen LogP contribution in [0.1, 0.15) is 96.4 Å². The largest absolute Gasteiger partial charge is 0.333 e. The van der Waals surface area contributed by atoms with Crippen LogP contribution in [-0.2, 0) is 67.9 Å². The van der Waals surface area contributed by atoms with Crippen molar-refractivity contribution in [1.29, 1.82) is 0 Å². The molecule has 20 heteroatoms. The molecule has 5 heterocycles. The Morgan fingerprint density at radius 2 is 0.592 bits per heavy atom. The summed E-state index contributed by atoms with van der Waals surface area (Å²) in [5, 5.41) is 0. The monoisotopic (exact) mass is 806 g/mol. The van der Waals surface area contributed by atoms with E-state index < -0.39 is 43.0 Å². The van der Waals surface area contributed by atoms with Crippen LogP contribution in [-0.4, -0.2) is 95.1 Å². The van der Waals surface area contributed by atoms with Gasteiger partial charge in [-0.3, -0.25) is 0 Å². The third kappa shape index (κ3) is 21.9. The van der Waals surface area contributed by atoms with Gasteiger partial charge in [-0.1, -0.05) is 0 Å². The van der Waals surface area contributed by atoms with Crippen molar-refractivity contribution in [2.75, 3.05) is 46.2 Å². The topological polar surface area (TPSA) is 138 Å². The van der Waals surface area contributed by atoms with Crippen LogP contribution in [0.2, 0.25) is 0 Å². The van der Waals surface area contributed by atoms with E-state index in [4.69, 9.17) is 67.9 Å². The average Bonchev–Trinajstić information content (AvgIpc) is 3.81. The van der Waals surface area contributed by atoms with E-state index in [-0.39, 0.29) is 48.8 Å². The van der Waals surface area contributed by atoms with Crippen LogP contribution < -0.4 is 0 Å². The average molecular weight is 807 g/mol. The molecule has 0 radical (unpaired) electrons. The first-order chi connectivity index (χ1) is 23.4. The molecule has 5 fully saturated rings. The molecule has 5 aliphatic heterocycles. The maximum Gasteiger partial charge on any atom is 0.333 e. The highest BCUT2D eigenvalue weighted by atomic mass is 31.2. The predicted molar refractivity (Wildman–Crippen MR) is 194 cm³/mol. The Morgan fingerprint density at radius 3 is 0.837 bits per heavy atom. The highest BCUT2D eigenvalue weighted by Gasteiger charge is 2.33. The number of rotatable bonds is 10. The third-order valence-electron chi connectivity index (χ3n) is 6.34. The zero-order valence-electron chi connectivity index (χ0n) is 31.6. The highest BCUT2D eigenvalue weighted by Crippen LogP contribution is 2.50. The van der Waals surface area contributed by atoms with Crippen molar-refractivity contribution in [2.45, 2.75) is 145 Å². The second kappa shape index (κ2) is 28.9. The van der Waals surface area contributed by atoms with Gasteiger partial charge in [0, 0.05) is 6.42 Å². The Morgan fingerprint density at radius 1 is 0.367 bits per heavy atom. The van der Waals surface area contributed by atoms with Gasteiger partial charge in [0.15, 0.2) is 0 Å². The second-order valence-electron chi connectivity index (χ2n) is 10.8. The minimum Gasteiger partial charge on any atom is -0.313 e. The quantitative estimate of drug-likeness (QED) is 0.193. The molecule has 0 amide bonds. The lowest BCUT2D eigenvalue weighted by Gasteiger charge is -2.29. The summed E-state index contributed by atoms with van der Waals surface area (Å²) in [6.07, 6.45) is 2.58. The van der Waals surface area contributed by atoms with Crippen molar-refractivity contribution in [3.63, 3.8) is 0 Å². The molecule has 5 rings (SSSR count). The Labute approximate surface area is 301 Å². The van der Waals surface area contributed by atoms with Crippen molar-refractivity contribution in [3.8, 4) is 0 Å². The van der Waals surface area contributed by atoms with Crippen LogP contribution in [0, 0.1) is 0 Å². The van der Waals surface area contributed by atoms with Gasteiger partial charge < -0.3 is 67.9 Å². The summed E-state index contributed by atoms with van der Waals surface area (Å²) in [6.45, 7) is 30.4. The molecule has 49 heavy (non-hydrogen) atoms. The lowest BCUT2D eigenvalue weighted by molar-refractivity contribution is 0.0340. The van der Waals surface area contributed by atoms with Gasteiger partial charge in [-0.15, -0.1) is 0 Å². The molecule has 0 aromatic carbocycles. The predicted octanol–water partition coefficient (Wildman–Crippen LogP) is 9.98. The Balaban J connectivity index is 0.000000307. The first kappa shape index (κ1) is 48.6. The smallest absolute Gasteiger partial charge is 0.313 e. The van der Waals surface area contributed by atoms with Gasteiger partial charge in [-0.2, -0.15) is 0 Å². The molecule has 0 saturated carbocycles. The molecule has 294 valence electrons. The summed E-state index contributed by atoms with van der Waals surface area (Å²) < 4.78 is 78.6. The molecular weight excluding hydrogens is 743 g/mol. The molecule has 0 aliphatic carbocycles. The van der Waals surface area contributed by atoms with Gasteiger partial charge in [0.25, 0.3) is 0 Å². The van der Waals surface area contributed by atoms with Gasteiger partial charge in [-0.05, 0) is 90.0 Å². The van der Waals surface area contributed by atoms with Gasteiger partial charge >= 0.3 is 43.0 Å². The van der Waals surface area contributed by atoms with Crippen molar-refractivity contribution in [3.05, 3.63) is 0 Å². The van der Waals surface area contributed by atoms with E-state index in [9.17, 15) is 0 Å². The van der Waals surface area contributed by atoms with Gasteiger partial charge in [0.1, 0.15) is 0 Å². The standard InChI is InChI=1S/C7H15O3P.3C6H13O3P.C4H9O3P/c1-4-8-11-9-6(2)5-7(3)10-11;3*1-4-7-10-8-5(2)6(3)9-10;1-2-5-8-6-3-4-7-8/h6-7H,4-5H2,1-3H3;3*5-6H,4H2,1-3H3;2-4H2,1H3/t6-,7-;2*5-,6-;;/m110../s1. The first-order valence-corrected chi connectivity index (χ1v) is 22.6. The number of hydrogen-bond donors (Lipinski definition) is 0. The summed E-state index contributed by atoms with van der Waals surface area (Å²) >= 11 is 0. The van der Waals surface area contributed by atoms with E-state index in [0.717, 1.165) is 6.42 Å². The third-order valence-corrected chi connectivity index (χ3v) is 13.6. The SMILES string of the molecule is CCOP1OC(C)C(C)O1.CCOP1OCCO1.CCOP1O[C@@H](C)[C@H](C)O1.CCOP1O[C@H](C)C[C@@H](C)O1.CCOP1O[C@H](C)[C@@H](C)O1. The Kier molecular flexibility index (Phi) is 28.7. The van der Waals surface area contributed by atoms with E-state index >= 15 is 0 Å². The molecule has 5 aliphatic rings. The second-order valence-corrected chi connectivity index (χ2v) is 16.5. The Hall–Kier alpha value is 1.55. The number of hydrogen-bond acceptors (Lipinski definition) is 15. The van der Waals surface area contributed by atoms with E-state index in [1.54, 1.807) is 0 Å². The van der Waals surface area contributed by atoms with E-state index in [1.807, 2.05) is 90.0 Å². The maximum absolute atomic E-state index is 5.42. The molecule has 0 N–H and O–H groups in total. The minimum absolute atomic E-state index is 0.178. The fourth-order valence-corrected chi connectivity index (χ4v) is 9.21. The van der Waals surface area contributed by atoms with Crippen molar-refractivity contribution in [2.24, 2.45) is 0 Å². The van der Waals surface area contributed by atoms with Crippen molar-refractivity contribution < 1.29 is 67.9 Å². The van der Waals surface area contributed by atoms with Crippen molar-refractivity contribution >= 4 is 43.0 Å². The van der Waals surface area contributed by atoms with E-state index in [2.05, 4.69) is 0 Å². The van der Waals surface area contributed by atoms with Crippen LogP contribution in [0.5, 0.6) is 0 Å². The highest BCUT2D eigenvalue weighted by molar-refractivity contribution is 7.42.